The first-order chi connectivity index (χ1) is 8.47. The molecule has 2 atom stereocenters. The summed E-state index contributed by atoms with van der Waals surface area (Å²) in [7, 11) is 0. The van der Waals surface area contributed by atoms with Crippen LogP contribution in [0.15, 0.2) is 0 Å². The fourth-order valence-corrected chi connectivity index (χ4v) is 2.04. The predicted octanol–water partition coefficient (Wildman–Crippen LogP) is 1.21. The Morgan fingerprint density at radius 1 is 1.44 bits per heavy atom. The minimum Gasteiger partial charge on any atom is -0.465 e. The molecule has 0 spiro atoms. The van der Waals surface area contributed by atoms with Crippen LogP contribution in [0.5, 0.6) is 0 Å². The standard InChI is InChI=1S/C13H23NO4/c1-5-17-11(15)8-14(9(2)3)13(16)12-10(4)6-7-18-12/h9-10,12H,5-8H2,1-4H3. The first-order valence-electron chi connectivity index (χ1n) is 6.55. The number of carbonyl (C=O) groups excluding carboxylic acids is 2. The van der Waals surface area contributed by atoms with E-state index in [1.54, 1.807) is 6.92 Å². The summed E-state index contributed by atoms with van der Waals surface area (Å²) in [6.07, 6.45) is 0.476. The number of esters is 1. The molecule has 5 nitrogen and oxygen atoms in total. The molecular weight excluding hydrogens is 234 g/mol. The second-order valence-corrected chi connectivity index (χ2v) is 4.92. The second-order valence-electron chi connectivity index (χ2n) is 4.92. The number of carbonyl (C=O) groups is 2. The maximum Gasteiger partial charge on any atom is 0.325 e. The molecular formula is C13H23NO4. The minimum absolute atomic E-state index is 0.00306. The van der Waals surface area contributed by atoms with Crippen molar-refractivity contribution in [1.29, 1.82) is 0 Å². The van der Waals surface area contributed by atoms with Gasteiger partial charge in [-0.25, -0.2) is 0 Å². The molecule has 1 rings (SSSR count). The lowest BCUT2D eigenvalue weighted by Gasteiger charge is -2.29. The highest BCUT2D eigenvalue weighted by Gasteiger charge is 2.35. The average Bonchev–Trinajstić information content (AvgIpc) is 2.71. The van der Waals surface area contributed by atoms with Crippen molar-refractivity contribution in [1.82, 2.24) is 4.90 Å². The first kappa shape index (κ1) is 15.0. The quantitative estimate of drug-likeness (QED) is 0.695. The Kier molecular flexibility index (Phi) is 5.59. The summed E-state index contributed by atoms with van der Waals surface area (Å²) < 4.78 is 10.3. The van der Waals surface area contributed by atoms with Gasteiger partial charge in [0, 0.05) is 12.6 Å². The summed E-state index contributed by atoms with van der Waals surface area (Å²) in [5, 5.41) is 0. The summed E-state index contributed by atoms with van der Waals surface area (Å²) in [5.74, 6) is -0.269. The molecule has 5 heteroatoms. The molecule has 1 fully saturated rings. The molecule has 0 aliphatic carbocycles. The van der Waals surface area contributed by atoms with E-state index in [1.807, 2.05) is 20.8 Å². The van der Waals surface area contributed by atoms with Crippen LogP contribution in [0, 0.1) is 5.92 Å². The molecule has 1 saturated heterocycles. The lowest BCUT2D eigenvalue weighted by atomic mass is 10.0. The number of nitrogens with zero attached hydrogens (tertiary/aromatic N) is 1. The zero-order chi connectivity index (χ0) is 13.7. The molecule has 1 aliphatic rings. The van der Waals surface area contributed by atoms with Gasteiger partial charge >= 0.3 is 5.97 Å². The summed E-state index contributed by atoms with van der Waals surface area (Å²) in [5.41, 5.74) is 0. The van der Waals surface area contributed by atoms with Crippen LogP contribution in [0.3, 0.4) is 0 Å². The number of hydrogen-bond acceptors (Lipinski definition) is 4. The summed E-state index contributed by atoms with van der Waals surface area (Å²) in [6.45, 7) is 8.46. The lowest BCUT2D eigenvalue weighted by molar-refractivity contribution is -0.154. The van der Waals surface area contributed by atoms with Crippen molar-refractivity contribution < 1.29 is 19.1 Å². The maximum absolute atomic E-state index is 12.3. The largest absolute Gasteiger partial charge is 0.465 e. The Morgan fingerprint density at radius 3 is 2.56 bits per heavy atom. The van der Waals surface area contributed by atoms with Gasteiger partial charge in [-0.1, -0.05) is 6.92 Å². The van der Waals surface area contributed by atoms with E-state index in [0.717, 1.165) is 6.42 Å². The second kappa shape index (κ2) is 6.73. The third kappa shape index (κ3) is 3.70. The molecule has 1 amide bonds. The van der Waals surface area contributed by atoms with Gasteiger partial charge in [-0.2, -0.15) is 0 Å². The fourth-order valence-electron chi connectivity index (χ4n) is 2.04. The van der Waals surface area contributed by atoms with Gasteiger partial charge in [0.1, 0.15) is 12.6 Å². The third-order valence-electron chi connectivity index (χ3n) is 3.14. The number of hydrogen-bond donors (Lipinski definition) is 0. The number of amides is 1. The molecule has 0 aromatic carbocycles. The zero-order valence-electron chi connectivity index (χ0n) is 11.6. The van der Waals surface area contributed by atoms with Gasteiger partial charge in [-0.3, -0.25) is 9.59 Å². The van der Waals surface area contributed by atoms with Crippen LogP contribution in [-0.4, -0.2) is 48.7 Å². The Hall–Kier alpha value is -1.10. The highest BCUT2D eigenvalue weighted by molar-refractivity contribution is 5.85. The van der Waals surface area contributed by atoms with Gasteiger partial charge in [0.05, 0.1) is 6.61 Å². The van der Waals surface area contributed by atoms with Crippen LogP contribution in [0.1, 0.15) is 34.1 Å². The molecule has 0 radical (unpaired) electrons. The highest BCUT2D eigenvalue weighted by atomic mass is 16.5. The van der Waals surface area contributed by atoms with Crippen molar-refractivity contribution in [2.75, 3.05) is 19.8 Å². The Labute approximate surface area is 108 Å². The van der Waals surface area contributed by atoms with Crippen molar-refractivity contribution in [3.05, 3.63) is 0 Å². The molecule has 1 heterocycles. The van der Waals surface area contributed by atoms with Crippen LogP contribution in [0.25, 0.3) is 0 Å². The van der Waals surface area contributed by atoms with Crippen LogP contribution in [0.4, 0.5) is 0 Å². The number of rotatable bonds is 5. The van der Waals surface area contributed by atoms with E-state index in [0.29, 0.717) is 13.2 Å². The average molecular weight is 257 g/mol. The summed E-state index contributed by atoms with van der Waals surface area (Å²) >= 11 is 0. The predicted molar refractivity (Wildman–Crippen MR) is 67.0 cm³/mol. The van der Waals surface area contributed by atoms with Crippen molar-refractivity contribution in [2.45, 2.75) is 46.3 Å². The van der Waals surface area contributed by atoms with Crippen LogP contribution >= 0.6 is 0 Å². The molecule has 104 valence electrons. The smallest absolute Gasteiger partial charge is 0.325 e. The van der Waals surface area contributed by atoms with Gasteiger partial charge in [-0.15, -0.1) is 0 Å². The van der Waals surface area contributed by atoms with Crippen LogP contribution < -0.4 is 0 Å². The van der Waals surface area contributed by atoms with Crippen LogP contribution in [-0.2, 0) is 19.1 Å². The monoisotopic (exact) mass is 257 g/mol. The SMILES string of the molecule is CCOC(=O)CN(C(=O)C1OCCC1C)C(C)C. The van der Waals surface area contributed by atoms with E-state index >= 15 is 0 Å². The van der Waals surface area contributed by atoms with Gasteiger partial charge < -0.3 is 14.4 Å². The number of ether oxygens (including phenoxy) is 2. The van der Waals surface area contributed by atoms with Crippen molar-refractivity contribution in [3.8, 4) is 0 Å². The summed E-state index contributed by atoms with van der Waals surface area (Å²) in [6, 6.07) is -0.0432. The topological polar surface area (TPSA) is 55.8 Å². The van der Waals surface area contributed by atoms with E-state index < -0.39 is 6.10 Å². The lowest BCUT2D eigenvalue weighted by Crippen LogP contribution is -2.47. The van der Waals surface area contributed by atoms with Crippen LogP contribution in [0.2, 0.25) is 0 Å². The third-order valence-corrected chi connectivity index (χ3v) is 3.14. The molecule has 18 heavy (non-hydrogen) atoms. The Bertz CT molecular complexity index is 303. The van der Waals surface area contributed by atoms with Gasteiger partial charge in [0.25, 0.3) is 5.91 Å². The summed E-state index contributed by atoms with van der Waals surface area (Å²) in [4.78, 5) is 25.4. The zero-order valence-corrected chi connectivity index (χ0v) is 11.6. The van der Waals surface area contributed by atoms with Crippen molar-refractivity contribution in [3.63, 3.8) is 0 Å². The maximum atomic E-state index is 12.3. The molecule has 2 unspecified atom stereocenters. The normalized spacial score (nSPS) is 23.2. The van der Waals surface area contributed by atoms with Crippen molar-refractivity contribution in [2.24, 2.45) is 5.92 Å². The first-order valence-corrected chi connectivity index (χ1v) is 6.55. The molecule has 1 aliphatic heterocycles. The van der Waals surface area contributed by atoms with E-state index in [-0.39, 0.29) is 30.4 Å². The Morgan fingerprint density at radius 2 is 2.11 bits per heavy atom. The molecule has 0 N–H and O–H groups in total. The van der Waals surface area contributed by atoms with Gasteiger partial charge in [0.2, 0.25) is 0 Å². The van der Waals surface area contributed by atoms with Gasteiger partial charge in [0.15, 0.2) is 0 Å². The van der Waals surface area contributed by atoms with Crippen molar-refractivity contribution >= 4 is 11.9 Å². The van der Waals surface area contributed by atoms with E-state index in [2.05, 4.69) is 0 Å². The van der Waals surface area contributed by atoms with E-state index in [1.165, 1.54) is 4.90 Å². The minimum atomic E-state index is -0.415. The molecule has 0 bridgehead atoms. The fraction of sp³-hybridized carbons (Fsp3) is 0.846. The molecule has 0 saturated carbocycles. The van der Waals surface area contributed by atoms with E-state index in [4.69, 9.17) is 9.47 Å². The van der Waals surface area contributed by atoms with E-state index in [9.17, 15) is 9.59 Å². The highest BCUT2D eigenvalue weighted by Crippen LogP contribution is 2.22. The molecule has 0 aromatic heterocycles. The van der Waals surface area contributed by atoms with Gasteiger partial charge in [-0.05, 0) is 33.1 Å². The molecule has 0 aromatic rings. The Balaban J connectivity index is 2.66.